The molecule has 0 aliphatic heterocycles. The van der Waals surface area contributed by atoms with E-state index in [4.69, 9.17) is 0 Å². The van der Waals surface area contributed by atoms with E-state index in [1.165, 1.54) is 23.4 Å². The number of benzene rings is 1. The lowest BCUT2D eigenvalue weighted by Crippen LogP contribution is -2.11. The van der Waals surface area contributed by atoms with Crippen molar-refractivity contribution in [2.45, 2.75) is 18.9 Å². The van der Waals surface area contributed by atoms with Gasteiger partial charge >= 0.3 is 0 Å². The Morgan fingerprint density at radius 3 is 2.76 bits per heavy atom. The second kappa shape index (κ2) is 4.83. The van der Waals surface area contributed by atoms with Gasteiger partial charge in [0.1, 0.15) is 0 Å². The molecular formula is C14H14BrNS. The van der Waals surface area contributed by atoms with Crippen LogP contribution < -0.4 is 5.32 Å². The normalized spacial score (nSPS) is 16.8. The van der Waals surface area contributed by atoms with E-state index in [0.29, 0.717) is 6.04 Å². The van der Waals surface area contributed by atoms with Gasteiger partial charge in [-0.25, -0.2) is 0 Å². The highest BCUT2D eigenvalue weighted by Crippen LogP contribution is 2.44. The third-order valence-electron chi connectivity index (χ3n) is 3.09. The fourth-order valence-corrected chi connectivity index (χ4v) is 3.35. The molecule has 1 atom stereocenters. The molecule has 2 aromatic rings. The van der Waals surface area contributed by atoms with Crippen molar-refractivity contribution in [2.24, 2.45) is 5.92 Å². The van der Waals surface area contributed by atoms with E-state index in [9.17, 15) is 0 Å². The molecule has 3 rings (SSSR count). The van der Waals surface area contributed by atoms with Crippen molar-refractivity contribution in [1.82, 2.24) is 0 Å². The summed E-state index contributed by atoms with van der Waals surface area (Å²) in [5.41, 5.74) is 1.20. The van der Waals surface area contributed by atoms with Crippen LogP contribution in [-0.2, 0) is 0 Å². The predicted molar refractivity (Wildman–Crippen MR) is 77.5 cm³/mol. The van der Waals surface area contributed by atoms with Crippen molar-refractivity contribution >= 4 is 33.0 Å². The topological polar surface area (TPSA) is 12.0 Å². The van der Waals surface area contributed by atoms with Gasteiger partial charge in [-0.2, -0.15) is 0 Å². The molecule has 0 bridgehead atoms. The van der Waals surface area contributed by atoms with Gasteiger partial charge in [-0.15, -0.1) is 11.3 Å². The number of thiophene rings is 1. The van der Waals surface area contributed by atoms with E-state index in [2.05, 4.69) is 63.0 Å². The first kappa shape index (κ1) is 11.3. The SMILES string of the molecule is Brc1cccc(NC(c2cccs2)C2CC2)c1. The second-order valence-electron chi connectivity index (χ2n) is 4.49. The molecule has 0 spiro atoms. The minimum absolute atomic E-state index is 0.490. The van der Waals surface area contributed by atoms with Crippen molar-refractivity contribution in [1.29, 1.82) is 0 Å². The molecule has 1 aromatic carbocycles. The molecule has 17 heavy (non-hydrogen) atoms. The highest BCUT2D eigenvalue weighted by molar-refractivity contribution is 9.10. The van der Waals surface area contributed by atoms with Gasteiger partial charge in [0.25, 0.3) is 0 Å². The number of halogens is 1. The van der Waals surface area contributed by atoms with Crippen LogP contribution in [0.5, 0.6) is 0 Å². The standard InChI is InChI=1S/C14H14BrNS/c15-11-3-1-4-12(9-11)16-14(10-6-7-10)13-5-2-8-17-13/h1-5,8-10,14,16H,6-7H2. The maximum absolute atomic E-state index is 3.66. The highest BCUT2D eigenvalue weighted by Gasteiger charge is 2.32. The van der Waals surface area contributed by atoms with Crippen LogP contribution in [-0.4, -0.2) is 0 Å². The summed E-state index contributed by atoms with van der Waals surface area (Å²) < 4.78 is 1.13. The Morgan fingerprint density at radius 1 is 1.24 bits per heavy atom. The zero-order valence-corrected chi connectivity index (χ0v) is 11.8. The quantitative estimate of drug-likeness (QED) is 0.831. The zero-order valence-electron chi connectivity index (χ0n) is 9.40. The first-order chi connectivity index (χ1) is 8.33. The lowest BCUT2D eigenvalue weighted by Gasteiger charge is -2.18. The molecule has 0 saturated heterocycles. The van der Waals surface area contributed by atoms with Gasteiger partial charge in [0.05, 0.1) is 6.04 Å². The van der Waals surface area contributed by atoms with E-state index >= 15 is 0 Å². The summed E-state index contributed by atoms with van der Waals surface area (Å²) in [5.74, 6) is 0.813. The number of hydrogen-bond donors (Lipinski definition) is 1. The molecule has 1 aliphatic rings. The van der Waals surface area contributed by atoms with Crippen LogP contribution >= 0.6 is 27.3 Å². The molecular weight excluding hydrogens is 294 g/mol. The minimum Gasteiger partial charge on any atom is -0.377 e. The fourth-order valence-electron chi connectivity index (χ4n) is 2.08. The Labute approximate surface area is 114 Å². The zero-order chi connectivity index (χ0) is 11.7. The third-order valence-corrected chi connectivity index (χ3v) is 4.54. The number of nitrogens with one attached hydrogen (secondary N) is 1. The molecule has 1 unspecified atom stereocenters. The average Bonchev–Trinajstić information content (AvgIpc) is 3.01. The molecule has 0 radical (unpaired) electrons. The molecule has 1 aromatic heterocycles. The molecule has 1 N–H and O–H groups in total. The molecule has 1 nitrogen and oxygen atoms in total. The van der Waals surface area contributed by atoms with E-state index in [0.717, 1.165) is 10.4 Å². The van der Waals surface area contributed by atoms with E-state index in [1.54, 1.807) is 0 Å². The summed E-state index contributed by atoms with van der Waals surface area (Å²) in [6.45, 7) is 0. The summed E-state index contributed by atoms with van der Waals surface area (Å²) in [6, 6.07) is 13.3. The summed E-state index contributed by atoms with van der Waals surface area (Å²) in [6.07, 6.45) is 2.70. The number of anilines is 1. The van der Waals surface area contributed by atoms with Gasteiger partial charge in [0, 0.05) is 15.0 Å². The van der Waals surface area contributed by atoms with Crippen LogP contribution in [0.2, 0.25) is 0 Å². The summed E-state index contributed by atoms with van der Waals surface area (Å²) in [5, 5.41) is 5.82. The van der Waals surface area contributed by atoms with Crippen LogP contribution in [0.15, 0.2) is 46.3 Å². The lowest BCUT2D eigenvalue weighted by atomic mass is 10.1. The van der Waals surface area contributed by atoms with Crippen LogP contribution in [0.4, 0.5) is 5.69 Å². The Bertz CT molecular complexity index is 491. The van der Waals surface area contributed by atoms with Crippen molar-refractivity contribution in [3.8, 4) is 0 Å². The lowest BCUT2D eigenvalue weighted by molar-refractivity contribution is 0.691. The Morgan fingerprint density at radius 2 is 2.12 bits per heavy atom. The Balaban J connectivity index is 1.81. The van der Waals surface area contributed by atoms with Crippen molar-refractivity contribution in [3.05, 3.63) is 51.1 Å². The average molecular weight is 308 g/mol. The predicted octanol–water partition coefficient (Wildman–Crippen LogP) is 5.07. The largest absolute Gasteiger partial charge is 0.377 e. The Hall–Kier alpha value is -0.800. The van der Waals surface area contributed by atoms with Gasteiger partial charge < -0.3 is 5.32 Å². The van der Waals surface area contributed by atoms with Gasteiger partial charge in [0.2, 0.25) is 0 Å². The molecule has 1 saturated carbocycles. The van der Waals surface area contributed by atoms with Crippen molar-refractivity contribution in [3.63, 3.8) is 0 Å². The summed E-state index contributed by atoms with van der Waals surface area (Å²) in [4.78, 5) is 1.45. The number of rotatable bonds is 4. The molecule has 3 heteroatoms. The number of hydrogen-bond acceptors (Lipinski definition) is 2. The van der Waals surface area contributed by atoms with Gasteiger partial charge in [0.15, 0.2) is 0 Å². The second-order valence-corrected chi connectivity index (χ2v) is 6.38. The van der Waals surface area contributed by atoms with Gasteiger partial charge in [-0.3, -0.25) is 0 Å². The maximum Gasteiger partial charge on any atom is 0.0634 e. The molecule has 88 valence electrons. The Kier molecular flexibility index (Phi) is 3.21. The van der Waals surface area contributed by atoms with Gasteiger partial charge in [-0.1, -0.05) is 28.1 Å². The first-order valence-electron chi connectivity index (χ1n) is 5.88. The summed E-state index contributed by atoms with van der Waals surface area (Å²) >= 11 is 5.36. The van der Waals surface area contributed by atoms with Crippen molar-refractivity contribution in [2.75, 3.05) is 5.32 Å². The van der Waals surface area contributed by atoms with E-state index in [1.807, 2.05) is 11.3 Å². The molecule has 0 amide bonds. The molecule has 1 aliphatic carbocycles. The smallest absolute Gasteiger partial charge is 0.0634 e. The van der Waals surface area contributed by atoms with Crippen molar-refractivity contribution < 1.29 is 0 Å². The van der Waals surface area contributed by atoms with Crippen LogP contribution in [0.25, 0.3) is 0 Å². The minimum atomic E-state index is 0.490. The van der Waals surface area contributed by atoms with Crippen LogP contribution in [0.1, 0.15) is 23.8 Å². The van der Waals surface area contributed by atoms with Crippen LogP contribution in [0, 0.1) is 5.92 Å². The molecule has 1 fully saturated rings. The monoisotopic (exact) mass is 307 g/mol. The summed E-state index contributed by atoms with van der Waals surface area (Å²) in [7, 11) is 0. The maximum atomic E-state index is 3.66. The third kappa shape index (κ3) is 2.72. The first-order valence-corrected chi connectivity index (χ1v) is 7.56. The molecule has 1 heterocycles. The fraction of sp³-hybridized carbons (Fsp3) is 0.286. The van der Waals surface area contributed by atoms with E-state index in [-0.39, 0.29) is 0 Å². The highest BCUT2D eigenvalue weighted by atomic mass is 79.9. The van der Waals surface area contributed by atoms with Gasteiger partial charge in [-0.05, 0) is 48.4 Å². The van der Waals surface area contributed by atoms with E-state index < -0.39 is 0 Å². The van der Waals surface area contributed by atoms with Crippen LogP contribution in [0.3, 0.4) is 0 Å².